The minimum atomic E-state index is -0.535. The SMILES string of the molecule is CC(C)NC(=O)c1ccc(F)c(-c2cccc(C(=O)Nc3cnccc3N3CCCC(N)C3)n2)c1. The van der Waals surface area contributed by atoms with Crippen LogP contribution in [0.25, 0.3) is 11.3 Å². The summed E-state index contributed by atoms with van der Waals surface area (Å²) in [5, 5.41) is 5.66. The molecule has 1 saturated heterocycles. The van der Waals surface area contributed by atoms with E-state index >= 15 is 0 Å². The van der Waals surface area contributed by atoms with Crippen LogP contribution < -0.4 is 21.3 Å². The Morgan fingerprint density at radius 2 is 2.00 bits per heavy atom. The van der Waals surface area contributed by atoms with Crippen molar-refractivity contribution in [1.29, 1.82) is 0 Å². The summed E-state index contributed by atoms with van der Waals surface area (Å²) in [5.41, 5.74) is 8.35. The van der Waals surface area contributed by atoms with Crippen LogP contribution >= 0.6 is 0 Å². The number of pyridine rings is 2. The summed E-state index contributed by atoms with van der Waals surface area (Å²) in [7, 11) is 0. The monoisotopic (exact) mass is 476 g/mol. The second-order valence-electron chi connectivity index (χ2n) is 8.93. The fraction of sp³-hybridized carbons (Fsp3) is 0.308. The average molecular weight is 477 g/mol. The van der Waals surface area contributed by atoms with Gasteiger partial charge in [-0.05, 0) is 63.1 Å². The first-order valence-corrected chi connectivity index (χ1v) is 11.7. The lowest BCUT2D eigenvalue weighted by Crippen LogP contribution is -2.43. The molecule has 35 heavy (non-hydrogen) atoms. The number of nitrogens with one attached hydrogen (secondary N) is 2. The number of anilines is 2. The highest BCUT2D eigenvalue weighted by Crippen LogP contribution is 2.28. The number of carbonyl (C=O) groups is 2. The molecule has 9 heteroatoms. The van der Waals surface area contributed by atoms with Crippen LogP contribution in [0.3, 0.4) is 0 Å². The molecule has 0 aliphatic carbocycles. The number of hydrogen-bond donors (Lipinski definition) is 3. The van der Waals surface area contributed by atoms with Crippen LogP contribution in [0.5, 0.6) is 0 Å². The Morgan fingerprint density at radius 3 is 2.77 bits per heavy atom. The number of nitrogens with zero attached hydrogens (tertiary/aromatic N) is 3. The first-order valence-electron chi connectivity index (χ1n) is 11.7. The summed E-state index contributed by atoms with van der Waals surface area (Å²) in [4.78, 5) is 36.1. The molecule has 1 unspecified atom stereocenters. The standard InChI is InChI=1S/C26H29FN6O2/c1-16(2)30-25(34)17-8-9-20(27)19(13-17)21-6-3-7-22(31-21)26(35)32-23-14-29-11-10-24(23)33-12-4-5-18(28)15-33/h3,6-11,13-14,16,18H,4-5,12,15,28H2,1-2H3,(H,30,34)(H,32,35). The predicted molar refractivity (Wildman–Crippen MR) is 134 cm³/mol. The Morgan fingerprint density at radius 1 is 1.17 bits per heavy atom. The Labute approximate surface area is 203 Å². The van der Waals surface area contributed by atoms with Crippen molar-refractivity contribution in [2.24, 2.45) is 5.73 Å². The summed E-state index contributed by atoms with van der Waals surface area (Å²) in [6.07, 6.45) is 5.21. The second-order valence-corrected chi connectivity index (χ2v) is 8.93. The molecule has 3 aromatic rings. The van der Waals surface area contributed by atoms with Gasteiger partial charge in [0, 0.05) is 42.5 Å². The molecular formula is C26H29FN6O2. The van der Waals surface area contributed by atoms with Crippen molar-refractivity contribution < 1.29 is 14.0 Å². The van der Waals surface area contributed by atoms with E-state index in [1.54, 1.807) is 30.6 Å². The minimum Gasteiger partial charge on any atom is -0.368 e. The zero-order valence-electron chi connectivity index (χ0n) is 19.8. The van der Waals surface area contributed by atoms with E-state index in [9.17, 15) is 14.0 Å². The fourth-order valence-electron chi connectivity index (χ4n) is 4.09. The van der Waals surface area contributed by atoms with Crippen LogP contribution in [-0.2, 0) is 0 Å². The molecule has 2 aromatic heterocycles. The van der Waals surface area contributed by atoms with Gasteiger partial charge in [-0.3, -0.25) is 14.6 Å². The van der Waals surface area contributed by atoms with Gasteiger partial charge in [-0.15, -0.1) is 0 Å². The third-order valence-corrected chi connectivity index (χ3v) is 5.75. The van der Waals surface area contributed by atoms with Crippen molar-refractivity contribution in [2.75, 3.05) is 23.3 Å². The topological polar surface area (TPSA) is 113 Å². The van der Waals surface area contributed by atoms with Crippen molar-refractivity contribution in [3.63, 3.8) is 0 Å². The molecule has 4 rings (SSSR count). The van der Waals surface area contributed by atoms with E-state index in [0.29, 0.717) is 17.8 Å². The molecule has 0 radical (unpaired) electrons. The molecule has 4 N–H and O–H groups in total. The lowest BCUT2D eigenvalue weighted by Gasteiger charge is -2.33. The van der Waals surface area contributed by atoms with Crippen LogP contribution in [-0.4, -0.2) is 47.0 Å². The maximum atomic E-state index is 14.7. The number of benzene rings is 1. The molecule has 182 valence electrons. The molecule has 0 saturated carbocycles. The number of amides is 2. The highest BCUT2D eigenvalue weighted by atomic mass is 19.1. The molecule has 0 bridgehead atoms. The van der Waals surface area contributed by atoms with Crippen molar-refractivity contribution in [3.05, 3.63) is 71.9 Å². The van der Waals surface area contributed by atoms with Crippen LogP contribution in [0.15, 0.2) is 54.9 Å². The first kappa shape index (κ1) is 24.3. The third kappa shape index (κ3) is 5.81. The van der Waals surface area contributed by atoms with Gasteiger partial charge in [0.15, 0.2) is 0 Å². The molecule has 1 atom stereocenters. The maximum absolute atomic E-state index is 14.7. The molecule has 3 heterocycles. The number of carbonyl (C=O) groups excluding carboxylic acids is 2. The van der Waals surface area contributed by atoms with Crippen molar-refractivity contribution >= 4 is 23.2 Å². The van der Waals surface area contributed by atoms with E-state index in [0.717, 1.165) is 25.1 Å². The number of aromatic nitrogens is 2. The molecule has 1 aromatic carbocycles. The largest absolute Gasteiger partial charge is 0.368 e. The lowest BCUT2D eigenvalue weighted by molar-refractivity contribution is 0.0942. The Kier molecular flexibility index (Phi) is 7.36. The van der Waals surface area contributed by atoms with E-state index in [2.05, 4.69) is 25.5 Å². The van der Waals surface area contributed by atoms with Gasteiger partial charge in [-0.1, -0.05) is 6.07 Å². The van der Waals surface area contributed by atoms with Gasteiger partial charge in [0.2, 0.25) is 0 Å². The summed E-state index contributed by atoms with van der Waals surface area (Å²) in [5.74, 6) is -1.29. The number of halogens is 1. The molecule has 1 aliphatic rings. The quantitative estimate of drug-likeness (QED) is 0.501. The van der Waals surface area contributed by atoms with Gasteiger partial charge in [0.25, 0.3) is 11.8 Å². The zero-order valence-corrected chi connectivity index (χ0v) is 19.8. The normalized spacial score (nSPS) is 15.7. The zero-order chi connectivity index (χ0) is 24.9. The summed E-state index contributed by atoms with van der Waals surface area (Å²) < 4.78 is 14.7. The van der Waals surface area contributed by atoms with Gasteiger partial charge in [-0.25, -0.2) is 9.37 Å². The summed E-state index contributed by atoms with van der Waals surface area (Å²) >= 11 is 0. The highest BCUT2D eigenvalue weighted by molar-refractivity contribution is 6.05. The Hall–Kier alpha value is -3.85. The van der Waals surface area contributed by atoms with Gasteiger partial charge in [-0.2, -0.15) is 0 Å². The van der Waals surface area contributed by atoms with E-state index in [1.807, 2.05) is 19.9 Å². The Balaban J connectivity index is 1.58. The predicted octanol–water partition coefficient (Wildman–Crippen LogP) is 3.60. The minimum absolute atomic E-state index is 0.0563. The van der Waals surface area contributed by atoms with E-state index in [1.165, 1.54) is 18.2 Å². The molecule has 1 aliphatic heterocycles. The lowest BCUT2D eigenvalue weighted by atomic mass is 10.1. The number of rotatable bonds is 6. The van der Waals surface area contributed by atoms with Crippen molar-refractivity contribution in [3.8, 4) is 11.3 Å². The molecule has 0 spiro atoms. The van der Waals surface area contributed by atoms with Crippen LogP contribution in [0.1, 0.15) is 47.5 Å². The second kappa shape index (κ2) is 10.6. The molecule has 2 amide bonds. The van der Waals surface area contributed by atoms with Crippen LogP contribution in [0, 0.1) is 5.82 Å². The van der Waals surface area contributed by atoms with Crippen LogP contribution in [0.2, 0.25) is 0 Å². The number of piperidine rings is 1. The fourth-order valence-corrected chi connectivity index (χ4v) is 4.09. The van der Waals surface area contributed by atoms with Gasteiger partial charge >= 0.3 is 0 Å². The summed E-state index contributed by atoms with van der Waals surface area (Å²) in [6, 6.07) is 10.7. The molecular weight excluding hydrogens is 447 g/mol. The number of nitrogens with two attached hydrogens (primary N) is 1. The first-order chi connectivity index (χ1) is 16.8. The van der Waals surface area contributed by atoms with Crippen molar-refractivity contribution in [1.82, 2.24) is 15.3 Å². The van der Waals surface area contributed by atoms with E-state index in [4.69, 9.17) is 5.73 Å². The third-order valence-electron chi connectivity index (χ3n) is 5.75. The van der Waals surface area contributed by atoms with Gasteiger partial charge in [0.1, 0.15) is 11.5 Å². The maximum Gasteiger partial charge on any atom is 0.274 e. The van der Waals surface area contributed by atoms with E-state index in [-0.39, 0.29) is 34.9 Å². The molecule has 1 fully saturated rings. The van der Waals surface area contributed by atoms with Gasteiger partial charge < -0.3 is 21.3 Å². The van der Waals surface area contributed by atoms with Gasteiger partial charge in [0.05, 0.1) is 23.3 Å². The summed E-state index contributed by atoms with van der Waals surface area (Å²) in [6.45, 7) is 5.23. The van der Waals surface area contributed by atoms with E-state index < -0.39 is 11.7 Å². The Bertz CT molecular complexity index is 1230. The smallest absolute Gasteiger partial charge is 0.274 e. The number of hydrogen-bond acceptors (Lipinski definition) is 6. The molecule has 8 nitrogen and oxygen atoms in total. The van der Waals surface area contributed by atoms with Crippen LogP contribution in [0.4, 0.5) is 15.8 Å². The average Bonchev–Trinajstić information content (AvgIpc) is 2.84. The highest BCUT2D eigenvalue weighted by Gasteiger charge is 2.21. The van der Waals surface area contributed by atoms with Crippen molar-refractivity contribution in [2.45, 2.75) is 38.8 Å².